The molecule has 2 N–H and O–H groups in total. The molecule has 0 amide bonds. The number of aromatic amines is 1. The Balaban J connectivity index is 1.88. The van der Waals surface area contributed by atoms with Gasteiger partial charge in [-0.2, -0.15) is 0 Å². The molecule has 0 spiro atoms. The van der Waals surface area contributed by atoms with E-state index in [9.17, 15) is 9.59 Å². The zero-order valence-corrected chi connectivity index (χ0v) is 18.0. The quantitative estimate of drug-likeness (QED) is 0.588. The van der Waals surface area contributed by atoms with Gasteiger partial charge in [0, 0.05) is 48.6 Å². The van der Waals surface area contributed by atoms with E-state index in [2.05, 4.69) is 24.1 Å². The van der Waals surface area contributed by atoms with Gasteiger partial charge in [-0.15, -0.1) is 0 Å². The number of benzene rings is 1. The standard InChI is InChI=1S/C22H26N4O2S/c1-12(2)29-22-24-20-19(21(28)25-22)17(13-8-10-14(11-9-13)26(3)4)18-15(23-20)6-5-7-16(18)27/h8-12,17H,5-7H2,1-4H3,(H2,23,24,25,28)/t17-/m1/s1. The third kappa shape index (κ3) is 3.71. The summed E-state index contributed by atoms with van der Waals surface area (Å²) in [6.07, 6.45) is 2.14. The topological polar surface area (TPSA) is 78.1 Å². The van der Waals surface area contributed by atoms with Gasteiger partial charge < -0.3 is 15.2 Å². The van der Waals surface area contributed by atoms with E-state index in [1.807, 2.05) is 43.3 Å². The molecule has 2 aromatic rings. The lowest BCUT2D eigenvalue weighted by molar-refractivity contribution is -0.116. The van der Waals surface area contributed by atoms with E-state index in [0.717, 1.165) is 35.4 Å². The number of nitrogens with zero attached hydrogens (tertiary/aromatic N) is 2. The number of Topliss-reactive ketones (excluding diaryl/α,β-unsaturated/α-hetero) is 1. The predicted octanol–water partition coefficient (Wildman–Crippen LogP) is 3.90. The summed E-state index contributed by atoms with van der Waals surface area (Å²) in [4.78, 5) is 35.6. The fourth-order valence-corrected chi connectivity index (χ4v) is 4.76. The number of fused-ring (bicyclic) bond motifs is 1. The van der Waals surface area contributed by atoms with Gasteiger partial charge in [0.15, 0.2) is 10.9 Å². The fourth-order valence-electron chi connectivity index (χ4n) is 4.02. The van der Waals surface area contributed by atoms with Crippen LogP contribution in [0.3, 0.4) is 0 Å². The Labute approximate surface area is 174 Å². The van der Waals surface area contributed by atoms with E-state index in [-0.39, 0.29) is 17.3 Å². The van der Waals surface area contributed by atoms with Crippen LogP contribution in [-0.4, -0.2) is 35.1 Å². The van der Waals surface area contributed by atoms with Crippen LogP contribution in [0.4, 0.5) is 11.5 Å². The molecule has 0 bridgehead atoms. The van der Waals surface area contributed by atoms with Gasteiger partial charge >= 0.3 is 0 Å². The summed E-state index contributed by atoms with van der Waals surface area (Å²) in [7, 11) is 3.98. The first-order valence-electron chi connectivity index (χ1n) is 9.96. The molecule has 0 unspecified atom stereocenters. The Morgan fingerprint density at radius 1 is 1.14 bits per heavy atom. The molecular weight excluding hydrogens is 384 g/mol. The molecule has 1 aromatic heterocycles. The lowest BCUT2D eigenvalue weighted by atomic mass is 9.76. The second-order valence-corrected chi connectivity index (χ2v) is 9.58. The van der Waals surface area contributed by atoms with E-state index in [0.29, 0.717) is 28.2 Å². The highest BCUT2D eigenvalue weighted by Crippen LogP contribution is 2.43. The van der Waals surface area contributed by atoms with Crippen molar-refractivity contribution in [3.8, 4) is 0 Å². The van der Waals surface area contributed by atoms with E-state index in [4.69, 9.17) is 4.98 Å². The van der Waals surface area contributed by atoms with Crippen LogP contribution in [0.1, 0.15) is 50.2 Å². The first-order chi connectivity index (χ1) is 13.8. The zero-order chi connectivity index (χ0) is 20.7. The van der Waals surface area contributed by atoms with Crippen LogP contribution < -0.4 is 15.8 Å². The Hall–Kier alpha value is -2.54. The molecule has 7 heteroatoms. The minimum atomic E-state index is -0.389. The summed E-state index contributed by atoms with van der Waals surface area (Å²) < 4.78 is 0. The SMILES string of the molecule is CC(C)Sc1nc2c(c(=O)[nH]1)[C@H](c1ccc(N(C)C)cc1)C1=C(CCCC1=O)N2. The summed E-state index contributed by atoms with van der Waals surface area (Å²) in [6.45, 7) is 4.13. The van der Waals surface area contributed by atoms with Crippen molar-refractivity contribution in [2.24, 2.45) is 0 Å². The zero-order valence-electron chi connectivity index (χ0n) is 17.2. The van der Waals surface area contributed by atoms with Gasteiger partial charge in [-0.3, -0.25) is 9.59 Å². The minimum absolute atomic E-state index is 0.117. The number of hydrogen-bond acceptors (Lipinski definition) is 6. The average molecular weight is 411 g/mol. The number of anilines is 2. The number of allylic oxidation sites excluding steroid dienone is 2. The lowest BCUT2D eigenvalue weighted by Crippen LogP contribution is -2.32. The molecule has 6 nitrogen and oxygen atoms in total. The minimum Gasteiger partial charge on any atom is -0.378 e. The second-order valence-electron chi connectivity index (χ2n) is 8.01. The fraction of sp³-hybridized carbons (Fsp3) is 0.409. The molecular formula is C22H26N4O2S. The third-order valence-corrected chi connectivity index (χ3v) is 6.21. The summed E-state index contributed by atoms with van der Waals surface area (Å²) in [5, 5.41) is 4.23. The molecule has 0 radical (unpaired) electrons. The van der Waals surface area contributed by atoms with Crippen molar-refractivity contribution < 1.29 is 4.79 Å². The van der Waals surface area contributed by atoms with Gasteiger partial charge in [-0.05, 0) is 30.5 Å². The van der Waals surface area contributed by atoms with Crippen molar-refractivity contribution in [1.82, 2.24) is 9.97 Å². The van der Waals surface area contributed by atoms with Gasteiger partial charge in [0.25, 0.3) is 5.56 Å². The normalized spacial score (nSPS) is 18.4. The van der Waals surface area contributed by atoms with E-state index in [1.165, 1.54) is 11.8 Å². The Bertz CT molecular complexity index is 1040. The van der Waals surface area contributed by atoms with Gasteiger partial charge in [0.05, 0.1) is 5.56 Å². The monoisotopic (exact) mass is 410 g/mol. The number of rotatable bonds is 4. The molecule has 29 heavy (non-hydrogen) atoms. The molecule has 152 valence electrons. The maximum atomic E-state index is 13.1. The number of carbonyl (C=O) groups excluding carboxylic acids is 1. The first-order valence-corrected chi connectivity index (χ1v) is 10.8. The highest BCUT2D eigenvalue weighted by Gasteiger charge is 2.37. The number of aromatic nitrogens is 2. The van der Waals surface area contributed by atoms with Crippen LogP contribution in [0.15, 0.2) is 45.5 Å². The molecule has 1 aliphatic heterocycles. The molecule has 0 saturated carbocycles. The summed E-state index contributed by atoms with van der Waals surface area (Å²) in [6, 6.07) is 8.07. The summed E-state index contributed by atoms with van der Waals surface area (Å²) in [5.74, 6) is 0.303. The summed E-state index contributed by atoms with van der Waals surface area (Å²) in [5.41, 5.74) is 3.99. The Morgan fingerprint density at radius 3 is 2.52 bits per heavy atom. The molecule has 1 aliphatic carbocycles. The van der Waals surface area contributed by atoms with Crippen molar-refractivity contribution in [3.63, 3.8) is 0 Å². The largest absolute Gasteiger partial charge is 0.378 e. The lowest BCUT2D eigenvalue weighted by Gasteiger charge is -2.33. The average Bonchev–Trinajstić information content (AvgIpc) is 2.66. The van der Waals surface area contributed by atoms with E-state index >= 15 is 0 Å². The van der Waals surface area contributed by atoms with Crippen LogP contribution in [0.2, 0.25) is 0 Å². The molecule has 1 atom stereocenters. The first kappa shape index (κ1) is 19.8. The Morgan fingerprint density at radius 2 is 1.86 bits per heavy atom. The molecule has 2 aliphatic rings. The predicted molar refractivity (Wildman–Crippen MR) is 118 cm³/mol. The van der Waals surface area contributed by atoms with Crippen LogP contribution in [0, 0.1) is 0 Å². The van der Waals surface area contributed by atoms with Gasteiger partial charge in [-0.25, -0.2) is 4.98 Å². The highest BCUT2D eigenvalue weighted by molar-refractivity contribution is 7.99. The number of H-pyrrole nitrogens is 1. The number of ketones is 1. The van der Waals surface area contributed by atoms with Crippen LogP contribution in [-0.2, 0) is 4.79 Å². The van der Waals surface area contributed by atoms with Crippen molar-refractivity contribution in [2.45, 2.75) is 49.4 Å². The van der Waals surface area contributed by atoms with Crippen molar-refractivity contribution in [1.29, 1.82) is 0 Å². The second kappa shape index (κ2) is 7.71. The number of thioether (sulfide) groups is 1. The number of hydrogen-bond donors (Lipinski definition) is 2. The van der Waals surface area contributed by atoms with E-state index < -0.39 is 0 Å². The highest BCUT2D eigenvalue weighted by atomic mass is 32.2. The van der Waals surface area contributed by atoms with Crippen molar-refractivity contribution in [2.75, 3.05) is 24.3 Å². The van der Waals surface area contributed by atoms with E-state index in [1.54, 1.807) is 0 Å². The summed E-state index contributed by atoms with van der Waals surface area (Å²) >= 11 is 1.52. The third-order valence-electron chi connectivity index (χ3n) is 5.33. The van der Waals surface area contributed by atoms with Gasteiger partial charge in [-0.1, -0.05) is 37.7 Å². The maximum absolute atomic E-state index is 13.1. The molecule has 1 aromatic carbocycles. The molecule has 0 fully saturated rings. The smallest absolute Gasteiger partial charge is 0.257 e. The van der Waals surface area contributed by atoms with Crippen LogP contribution >= 0.6 is 11.8 Å². The van der Waals surface area contributed by atoms with Gasteiger partial charge in [0.1, 0.15) is 5.82 Å². The Kier molecular flexibility index (Phi) is 5.25. The van der Waals surface area contributed by atoms with Crippen LogP contribution in [0.5, 0.6) is 0 Å². The molecule has 4 rings (SSSR count). The number of nitrogens with one attached hydrogen (secondary N) is 2. The van der Waals surface area contributed by atoms with Gasteiger partial charge in [0.2, 0.25) is 0 Å². The van der Waals surface area contributed by atoms with Crippen molar-refractivity contribution >= 4 is 29.1 Å². The molecule has 0 saturated heterocycles. The van der Waals surface area contributed by atoms with Crippen LogP contribution in [0.25, 0.3) is 0 Å². The van der Waals surface area contributed by atoms with Crippen molar-refractivity contribution in [3.05, 3.63) is 57.0 Å². The number of carbonyl (C=O) groups is 1. The maximum Gasteiger partial charge on any atom is 0.257 e. The molecule has 2 heterocycles.